The molecule has 1 aliphatic carbocycles. The van der Waals surface area contributed by atoms with Crippen LogP contribution < -0.4 is 10.2 Å². The van der Waals surface area contributed by atoms with Gasteiger partial charge in [-0.2, -0.15) is 5.26 Å². The summed E-state index contributed by atoms with van der Waals surface area (Å²) < 4.78 is 5.51. The maximum atomic E-state index is 13.6. The highest BCUT2D eigenvalue weighted by molar-refractivity contribution is 5.87. The third kappa shape index (κ3) is 8.97. The van der Waals surface area contributed by atoms with Crippen LogP contribution in [0.1, 0.15) is 63.3 Å². The molecule has 2 aromatic carbocycles. The summed E-state index contributed by atoms with van der Waals surface area (Å²) in [6, 6.07) is 15.7. The number of anilines is 1. The molecule has 3 rings (SSSR count). The number of amides is 3. The standard InChI is InChI=1S/C33H45N5O4/c1-23(2)38(32(41)42-33(4,5)6)17-16-35-30(39)21-37(29-18-25(20-34)13-12-24(29)3)22-31(40)36(7)28-15-14-26-10-8-9-11-27(26)19-28/h8-13,18,23,28H,14-17,19,21-22H2,1-7H3,(H,35,39). The molecule has 2 aromatic rings. The number of rotatable bonds is 10. The normalized spacial score (nSPS) is 14.4. The van der Waals surface area contributed by atoms with Crippen molar-refractivity contribution in [2.75, 3.05) is 38.1 Å². The van der Waals surface area contributed by atoms with Gasteiger partial charge in [0.15, 0.2) is 0 Å². The molecular formula is C33H45N5O4. The molecule has 0 heterocycles. The monoisotopic (exact) mass is 575 g/mol. The van der Waals surface area contributed by atoms with Gasteiger partial charge < -0.3 is 24.8 Å². The molecule has 0 spiro atoms. The smallest absolute Gasteiger partial charge is 0.410 e. The first kappa shape index (κ1) is 32.5. The van der Waals surface area contributed by atoms with Gasteiger partial charge in [0.1, 0.15) is 5.60 Å². The van der Waals surface area contributed by atoms with Crippen molar-refractivity contribution in [3.05, 3.63) is 64.7 Å². The minimum Gasteiger partial charge on any atom is -0.444 e. The summed E-state index contributed by atoms with van der Waals surface area (Å²) in [6.45, 7) is 11.6. The van der Waals surface area contributed by atoms with Gasteiger partial charge in [0.25, 0.3) is 0 Å². The van der Waals surface area contributed by atoms with Crippen molar-refractivity contribution in [2.45, 2.75) is 78.5 Å². The van der Waals surface area contributed by atoms with Gasteiger partial charge in [0, 0.05) is 37.9 Å². The summed E-state index contributed by atoms with van der Waals surface area (Å²) in [5.41, 5.74) is 3.96. The van der Waals surface area contributed by atoms with Crippen LogP contribution in [0.5, 0.6) is 0 Å². The molecule has 42 heavy (non-hydrogen) atoms. The second kappa shape index (κ2) is 14.2. The van der Waals surface area contributed by atoms with E-state index in [1.54, 1.807) is 26.8 Å². The number of hydrogen-bond acceptors (Lipinski definition) is 6. The molecule has 0 radical (unpaired) electrons. The van der Waals surface area contributed by atoms with E-state index in [4.69, 9.17) is 4.74 Å². The zero-order chi connectivity index (χ0) is 31.0. The summed E-state index contributed by atoms with van der Waals surface area (Å²) in [4.78, 5) is 44.5. The number of fused-ring (bicyclic) bond motifs is 1. The molecule has 0 aromatic heterocycles. The van der Waals surface area contributed by atoms with Crippen molar-refractivity contribution in [1.29, 1.82) is 5.26 Å². The molecule has 3 amide bonds. The number of ether oxygens (including phenoxy) is 1. The van der Waals surface area contributed by atoms with Gasteiger partial charge in [-0.05, 0) is 89.6 Å². The Morgan fingerprint density at radius 2 is 1.79 bits per heavy atom. The highest BCUT2D eigenvalue weighted by Gasteiger charge is 2.28. The van der Waals surface area contributed by atoms with Crippen LogP contribution in [-0.2, 0) is 27.2 Å². The van der Waals surface area contributed by atoms with Crippen molar-refractivity contribution in [1.82, 2.24) is 15.1 Å². The van der Waals surface area contributed by atoms with E-state index >= 15 is 0 Å². The first-order valence-electron chi connectivity index (χ1n) is 14.6. The molecule has 0 aliphatic heterocycles. The highest BCUT2D eigenvalue weighted by Crippen LogP contribution is 2.25. The number of nitrogens with zero attached hydrogens (tertiary/aromatic N) is 4. The van der Waals surface area contributed by atoms with E-state index < -0.39 is 11.7 Å². The zero-order valence-corrected chi connectivity index (χ0v) is 26.1. The van der Waals surface area contributed by atoms with Crippen LogP contribution in [0.2, 0.25) is 0 Å². The van der Waals surface area contributed by atoms with E-state index in [1.165, 1.54) is 11.1 Å². The number of nitriles is 1. The van der Waals surface area contributed by atoms with Crippen LogP contribution in [0, 0.1) is 18.3 Å². The molecule has 9 nitrogen and oxygen atoms in total. The Balaban J connectivity index is 1.70. The lowest BCUT2D eigenvalue weighted by molar-refractivity contribution is -0.130. The SMILES string of the molecule is Cc1ccc(C#N)cc1N(CC(=O)NCCN(C(=O)OC(C)(C)C)C(C)C)CC(=O)N(C)C1CCc2ccccc2C1. The largest absolute Gasteiger partial charge is 0.444 e. The molecule has 0 bridgehead atoms. The Morgan fingerprint density at radius 1 is 1.10 bits per heavy atom. The number of likely N-dealkylation sites (N-methyl/N-ethyl adjacent to an activating group) is 1. The van der Waals surface area contributed by atoms with Crippen molar-refractivity contribution in [3.63, 3.8) is 0 Å². The maximum absolute atomic E-state index is 13.6. The average Bonchev–Trinajstić information content (AvgIpc) is 2.93. The average molecular weight is 576 g/mol. The van der Waals surface area contributed by atoms with E-state index in [0.29, 0.717) is 11.3 Å². The minimum absolute atomic E-state index is 0.00613. The molecule has 9 heteroatoms. The summed E-state index contributed by atoms with van der Waals surface area (Å²) >= 11 is 0. The summed E-state index contributed by atoms with van der Waals surface area (Å²) in [7, 11) is 1.83. The van der Waals surface area contributed by atoms with E-state index in [1.807, 2.05) is 66.8 Å². The number of aryl methyl sites for hydroxylation is 2. The van der Waals surface area contributed by atoms with Crippen LogP contribution in [0.15, 0.2) is 42.5 Å². The van der Waals surface area contributed by atoms with Gasteiger partial charge in [-0.3, -0.25) is 9.59 Å². The molecule has 0 saturated carbocycles. The topological polar surface area (TPSA) is 106 Å². The molecule has 1 atom stereocenters. The predicted octanol–water partition coefficient (Wildman–Crippen LogP) is 4.45. The first-order chi connectivity index (χ1) is 19.8. The molecule has 1 N–H and O–H groups in total. The predicted molar refractivity (Wildman–Crippen MR) is 164 cm³/mol. The zero-order valence-electron chi connectivity index (χ0n) is 26.1. The van der Waals surface area contributed by atoms with Gasteiger partial charge >= 0.3 is 6.09 Å². The molecule has 1 unspecified atom stereocenters. The Kier molecular flexibility index (Phi) is 11.0. The summed E-state index contributed by atoms with van der Waals surface area (Å²) in [5, 5.41) is 12.4. The number of carbonyl (C=O) groups excluding carboxylic acids is 3. The second-order valence-corrected chi connectivity index (χ2v) is 12.3. The first-order valence-corrected chi connectivity index (χ1v) is 14.6. The number of benzene rings is 2. The van der Waals surface area contributed by atoms with Crippen LogP contribution in [0.3, 0.4) is 0 Å². The lowest BCUT2D eigenvalue weighted by Crippen LogP contribution is -2.49. The summed E-state index contributed by atoms with van der Waals surface area (Å²) in [6.07, 6.45) is 2.17. The van der Waals surface area contributed by atoms with Gasteiger partial charge in [-0.25, -0.2) is 4.79 Å². The van der Waals surface area contributed by atoms with Crippen molar-refractivity contribution in [2.24, 2.45) is 0 Å². The second-order valence-electron chi connectivity index (χ2n) is 12.3. The number of hydrogen-bond donors (Lipinski definition) is 1. The van der Waals surface area contributed by atoms with Gasteiger partial charge in [0.2, 0.25) is 11.8 Å². The lowest BCUT2D eigenvalue weighted by atomic mass is 9.87. The Labute approximate surface area is 250 Å². The molecule has 0 fully saturated rings. The molecule has 226 valence electrons. The van der Waals surface area contributed by atoms with Crippen molar-refractivity contribution < 1.29 is 19.1 Å². The highest BCUT2D eigenvalue weighted by atomic mass is 16.6. The van der Waals surface area contributed by atoms with Crippen LogP contribution in [0.4, 0.5) is 10.5 Å². The quantitative estimate of drug-likeness (QED) is 0.449. The fraction of sp³-hybridized carbons (Fsp3) is 0.515. The van der Waals surface area contributed by atoms with Gasteiger partial charge in [0.05, 0.1) is 24.7 Å². The number of carbonyl (C=O) groups is 3. The van der Waals surface area contributed by atoms with Crippen LogP contribution in [0.25, 0.3) is 0 Å². The van der Waals surface area contributed by atoms with Gasteiger partial charge in [-0.1, -0.05) is 30.3 Å². The van der Waals surface area contributed by atoms with Gasteiger partial charge in [-0.15, -0.1) is 0 Å². The van der Waals surface area contributed by atoms with E-state index in [2.05, 4.69) is 23.5 Å². The van der Waals surface area contributed by atoms with Crippen molar-refractivity contribution >= 4 is 23.6 Å². The Morgan fingerprint density at radius 3 is 2.43 bits per heavy atom. The van der Waals surface area contributed by atoms with Crippen LogP contribution >= 0.6 is 0 Å². The lowest BCUT2D eigenvalue weighted by Gasteiger charge is -2.34. The maximum Gasteiger partial charge on any atom is 0.410 e. The molecule has 1 aliphatic rings. The third-order valence-corrected chi connectivity index (χ3v) is 7.53. The van der Waals surface area contributed by atoms with Crippen molar-refractivity contribution in [3.8, 4) is 6.07 Å². The summed E-state index contributed by atoms with van der Waals surface area (Å²) in [5.74, 6) is -0.378. The minimum atomic E-state index is -0.621. The fourth-order valence-corrected chi connectivity index (χ4v) is 5.16. The Bertz CT molecular complexity index is 1310. The molecule has 0 saturated heterocycles. The van der Waals surface area contributed by atoms with E-state index in [-0.39, 0.29) is 50.1 Å². The Hall–Kier alpha value is -4.06. The van der Waals surface area contributed by atoms with Crippen LogP contribution in [-0.4, -0.2) is 78.6 Å². The van der Waals surface area contributed by atoms with E-state index in [0.717, 1.165) is 24.8 Å². The van der Waals surface area contributed by atoms with E-state index in [9.17, 15) is 19.6 Å². The number of nitrogens with one attached hydrogen (secondary N) is 1. The third-order valence-electron chi connectivity index (χ3n) is 7.53. The molecular weight excluding hydrogens is 530 g/mol. The fourth-order valence-electron chi connectivity index (χ4n) is 5.16.